The van der Waals surface area contributed by atoms with E-state index >= 15 is 0 Å². The molecule has 0 bridgehead atoms. The topological polar surface area (TPSA) is 61.4 Å². The summed E-state index contributed by atoms with van der Waals surface area (Å²) in [6, 6.07) is 5.90. The number of hydrogen-bond acceptors (Lipinski definition) is 2. The number of aryl methyl sites for hydroxylation is 1. The van der Waals surface area contributed by atoms with Crippen LogP contribution in [0.3, 0.4) is 0 Å². The van der Waals surface area contributed by atoms with Crippen LogP contribution in [-0.2, 0) is 6.42 Å². The molecule has 17 heavy (non-hydrogen) atoms. The van der Waals surface area contributed by atoms with Crippen LogP contribution < -0.4 is 10.6 Å². The van der Waals surface area contributed by atoms with Crippen molar-refractivity contribution in [3.05, 3.63) is 29.3 Å². The van der Waals surface area contributed by atoms with Gasteiger partial charge in [0.15, 0.2) is 0 Å². The summed E-state index contributed by atoms with van der Waals surface area (Å²) < 4.78 is 0. The molecule has 1 aromatic carbocycles. The largest absolute Gasteiger partial charge is 0.465 e. The Morgan fingerprint density at radius 2 is 2.29 bits per heavy atom. The first-order chi connectivity index (χ1) is 8.04. The summed E-state index contributed by atoms with van der Waals surface area (Å²) in [6.45, 7) is 2.02. The van der Waals surface area contributed by atoms with Gasteiger partial charge in [-0.1, -0.05) is 29.9 Å². The van der Waals surface area contributed by atoms with E-state index in [1.807, 2.05) is 19.1 Å². The molecule has 4 nitrogen and oxygen atoms in total. The lowest BCUT2D eigenvalue weighted by Crippen LogP contribution is -2.36. The second kappa shape index (κ2) is 4.71. The third-order valence-corrected chi connectivity index (χ3v) is 3.03. The lowest BCUT2D eigenvalue weighted by Gasteiger charge is -2.13. The summed E-state index contributed by atoms with van der Waals surface area (Å²) in [5.74, 6) is 0. The average Bonchev–Trinajstić information content (AvgIpc) is 2.34. The zero-order valence-electron chi connectivity index (χ0n) is 9.49. The summed E-state index contributed by atoms with van der Waals surface area (Å²) in [5, 5.41) is 14.4. The highest BCUT2D eigenvalue weighted by atomic mass is 32.1. The molecule has 1 heterocycles. The highest BCUT2D eigenvalue weighted by Gasteiger charge is 2.20. The molecule has 0 saturated carbocycles. The van der Waals surface area contributed by atoms with Gasteiger partial charge in [-0.15, -0.1) is 0 Å². The van der Waals surface area contributed by atoms with Crippen LogP contribution in [0.25, 0.3) is 0 Å². The summed E-state index contributed by atoms with van der Waals surface area (Å²) in [6.07, 6.45) is 0.195. The van der Waals surface area contributed by atoms with Crippen molar-refractivity contribution in [2.24, 2.45) is 0 Å². The number of anilines is 1. The van der Waals surface area contributed by atoms with Crippen LogP contribution in [0.4, 0.5) is 10.5 Å². The number of fused-ring (bicyclic) bond motifs is 1. The molecule has 0 aliphatic carbocycles. The SMILES string of the molecule is Cc1ccc2c(c1)CC(NC(=O)O)CC(=S)N2. The number of amides is 1. The summed E-state index contributed by atoms with van der Waals surface area (Å²) in [7, 11) is 0. The number of carboxylic acid groups (broad SMARTS) is 1. The molecule has 0 saturated heterocycles. The maximum Gasteiger partial charge on any atom is 0.404 e. The zero-order valence-corrected chi connectivity index (χ0v) is 10.3. The van der Waals surface area contributed by atoms with Crippen LogP contribution in [-0.4, -0.2) is 22.2 Å². The van der Waals surface area contributed by atoms with Crippen molar-refractivity contribution in [2.45, 2.75) is 25.8 Å². The molecule has 3 N–H and O–H groups in total. The normalized spacial score (nSPS) is 18.9. The second-order valence-electron chi connectivity index (χ2n) is 4.26. The van der Waals surface area contributed by atoms with Gasteiger partial charge in [0, 0.05) is 18.2 Å². The van der Waals surface area contributed by atoms with E-state index in [1.165, 1.54) is 0 Å². The van der Waals surface area contributed by atoms with E-state index in [4.69, 9.17) is 17.3 Å². The van der Waals surface area contributed by atoms with Gasteiger partial charge < -0.3 is 15.7 Å². The quantitative estimate of drug-likeness (QED) is 0.669. The van der Waals surface area contributed by atoms with Crippen molar-refractivity contribution in [1.82, 2.24) is 5.32 Å². The van der Waals surface area contributed by atoms with Crippen LogP contribution >= 0.6 is 12.2 Å². The van der Waals surface area contributed by atoms with Gasteiger partial charge in [-0.2, -0.15) is 0 Å². The van der Waals surface area contributed by atoms with Crippen LogP contribution in [0.15, 0.2) is 18.2 Å². The highest BCUT2D eigenvalue weighted by Crippen LogP contribution is 2.23. The van der Waals surface area contributed by atoms with Gasteiger partial charge in [0.1, 0.15) is 0 Å². The number of rotatable bonds is 1. The van der Waals surface area contributed by atoms with E-state index in [9.17, 15) is 4.79 Å². The fraction of sp³-hybridized carbons (Fsp3) is 0.333. The molecule has 0 aromatic heterocycles. The summed E-state index contributed by atoms with van der Waals surface area (Å²) in [4.78, 5) is 11.4. The van der Waals surface area contributed by atoms with Crippen LogP contribution in [0.1, 0.15) is 17.5 Å². The molecule has 5 heteroatoms. The molecule has 1 aliphatic heterocycles. The molecule has 1 aliphatic rings. The highest BCUT2D eigenvalue weighted by molar-refractivity contribution is 7.80. The molecule has 1 unspecified atom stereocenters. The van der Waals surface area contributed by atoms with E-state index in [0.717, 1.165) is 16.8 Å². The van der Waals surface area contributed by atoms with Gasteiger partial charge >= 0.3 is 6.09 Å². The molecule has 1 amide bonds. The summed E-state index contributed by atoms with van der Waals surface area (Å²) in [5.41, 5.74) is 3.24. The fourth-order valence-corrected chi connectivity index (χ4v) is 2.36. The van der Waals surface area contributed by atoms with Crippen LogP contribution in [0.2, 0.25) is 0 Å². The average molecular weight is 250 g/mol. The van der Waals surface area contributed by atoms with Gasteiger partial charge in [-0.3, -0.25) is 0 Å². The standard InChI is InChI=1S/C12H14N2O2S/c1-7-2-3-10-8(4-7)5-9(13-12(15)16)6-11(17)14-10/h2-4,9,13H,5-6H2,1H3,(H,14,17)(H,15,16). The maximum atomic E-state index is 10.7. The maximum absolute atomic E-state index is 10.7. The predicted molar refractivity (Wildman–Crippen MR) is 70.7 cm³/mol. The van der Waals surface area contributed by atoms with E-state index in [2.05, 4.69) is 16.7 Å². The van der Waals surface area contributed by atoms with E-state index in [0.29, 0.717) is 17.8 Å². The second-order valence-corrected chi connectivity index (χ2v) is 4.76. The predicted octanol–water partition coefficient (Wildman–Crippen LogP) is 2.32. The van der Waals surface area contributed by atoms with Crippen molar-refractivity contribution in [3.63, 3.8) is 0 Å². The molecule has 1 atom stereocenters. The Bertz CT molecular complexity index is 474. The smallest absolute Gasteiger partial charge is 0.404 e. The Morgan fingerprint density at radius 1 is 1.53 bits per heavy atom. The Hall–Kier alpha value is -1.62. The molecule has 0 spiro atoms. The Morgan fingerprint density at radius 3 is 3.00 bits per heavy atom. The van der Waals surface area contributed by atoms with Crippen molar-refractivity contribution in [1.29, 1.82) is 0 Å². The molecule has 0 radical (unpaired) electrons. The minimum Gasteiger partial charge on any atom is -0.465 e. The number of benzene rings is 1. The fourth-order valence-electron chi connectivity index (χ4n) is 2.05. The first kappa shape index (κ1) is 11.9. The monoisotopic (exact) mass is 250 g/mol. The molecule has 1 aromatic rings. The number of carbonyl (C=O) groups is 1. The molecule has 90 valence electrons. The van der Waals surface area contributed by atoms with Crippen molar-refractivity contribution in [2.75, 3.05) is 5.32 Å². The van der Waals surface area contributed by atoms with Crippen molar-refractivity contribution < 1.29 is 9.90 Å². The van der Waals surface area contributed by atoms with Gasteiger partial charge in [0.05, 0.1) is 4.99 Å². The number of nitrogens with one attached hydrogen (secondary N) is 2. The van der Waals surface area contributed by atoms with Crippen molar-refractivity contribution >= 4 is 29.0 Å². The Balaban J connectivity index is 2.28. The van der Waals surface area contributed by atoms with Gasteiger partial charge in [-0.25, -0.2) is 4.79 Å². The minimum absolute atomic E-state index is 0.157. The lowest BCUT2D eigenvalue weighted by atomic mass is 10.0. The summed E-state index contributed by atoms with van der Waals surface area (Å²) >= 11 is 5.19. The zero-order chi connectivity index (χ0) is 12.4. The van der Waals surface area contributed by atoms with Crippen LogP contribution in [0, 0.1) is 6.92 Å². The third kappa shape index (κ3) is 2.94. The Labute approximate surface area is 105 Å². The molecular weight excluding hydrogens is 236 g/mol. The van der Waals surface area contributed by atoms with Gasteiger partial charge in [0.2, 0.25) is 0 Å². The molecular formula is C12H14N2O2S. The van der Waals surface area contributed by atoms with E-state index in [-0.39, 0.29) is 6.04 Å². The van der Waals surface area contributed by atoms with Crippen LogP contribution in [0.5, 0.6) is 0 Å². The third-order valence-electron chi connectivity index (χ3n) is 2.76. The molecule has 2 rings (SSSR count). The first-order valence-electron chi connectivity index (χ1n) is 5.43. The first-order valence-corrected chi connectivity index (χ1v) is 5.84. The van der Waals surface area contributed by atoms with E-state index in [1.54, 1.807) is 0 Å². The lowest BCUT2D eigenvalue weighted by molar-refractivity contribution is 0.190. The Kier molecular flexibility index (Phi) is 3.28. The number of hydrogen-bond donors (Lipinski definition) is 3. The van der Waals surface area contributed by atoms with Gasteiger partial charge in [0.25, 0.3) is 0 Å². The number of thiocarbonyl (C=S) groups is 1. The van der Waals surface area contributed by atoms with Crippen molar-refractivity contribution in [3.8, 4) is 0 Å². The van der Waals surface area contributed by atoms with E-state index < -0.39 is 6.09 Å². The minimum atomic E-state index is -1.01. The van der Waals surface area contributed by atoms with Gasteiger partial charge in [-0.05, 0) is 25.0 Å². The molecule has 0 fully saturated rings.